The third-order valence-corrected chi connectivity index (χ3v) is 5.52. The van der Waals surface area contributed by atoms with Crippen molar-refractivity contribution in [3.63, 3.8) is 0 Å². The molecule has 3 aromatic rings. The topological polar surface area (TPSA) is 93.6 Å². The number of aromatic nitrogens is 2. The maximum absolute atomic E-state index is 11.4. The summed E-state index contributed by atoms with van der Waals surface area (Å²) in [6.45, 7) is 2.05. The van der Waals surface area contributed by atoms with Crippen LogP contribution in [0.3, 0.4) is 0 Å². The summed E-state index contributed by atoms with van der Waals surface area (Å²) in [4.78, 5) is 21.6. The molecule has 2 N–H and O–H groups in total. The van der Waals surface area contributed by atoms with E-state index in [0.717, 1.165) is 28.9 Å². The van der Waals surface area contributed by atoms with Crippen LogP contribution in [0.2, 0.25) is 0 Å². The first kappa shape index (κ1) is 16.6. The molecule has 0 atom stereocenters. The normalized spacial score (nSPS) is 12.5. The minimum absolute atomic E-state index is 0.258. The SMILES string of the molecule is CNc1nc(CCc2ccc3c(c2)OCO3)nc2sc(C(=O)O)c(C)c12. The van der Waals surface area contributed by atoms with Crippen LogP contribution >= 0.6 is 11.3 Å². The average molecular weight is 371 g/mol. The quantitative estimate of drug-likeness (QED) is 0.711. The Morgan fingerprint density at radius 3 is 2.85 bits per heavy atom. The smallest absolute Gasteiger partial charge is 0.346 e. The fourth-order valence-electron chi connectivity index (χ4n) is 3.03. The molecule has 134 valence electrons. The van der Waals surface area contributed by atoms with E-state index in [2.05, 4.69) is 15.3 Å². The third-order valence-electron chi connectivity index (χ3n) is 4.34. The molecule has 1 aromatic carbocycles. The van der Waals surface area contributed by atoms with Gasteiger partial charge in [0, 0.05) is 13.5 Å². The van der Waals surface area contributed by atoms with Crippen molar-refractivity contribution in [2.24, 2.45) is 0 Å². The molecule has 0 amide bonds. The van der Waals surface area contributed by atoms with Crippen LogP contribution in [0.15, 0.2) is 18.2 Å². The average Bonchev–Trinajstić information content (AvgIpc) is 3.23. The van der Waals surface area contributed by atoms with Gasteiger partial charge in [-0.1, -0.05) is 6.07 Å². The number of hydrogen-bond donors (Lipinski definition) is 2. The number of benzene rings is 1. The van der Waals surface area contributed by atoms with Gasteiger partial charge in [-0.05, 0) is 36.6 Å². The molecular formula is C18H17N3O4S. The highest BCUT2D eigenvalue weighted by molar-refractivity contribution is 7.20. The van der Waals surface area contributed by atoms with Gasteiger partial charge in [-0.15, -0.1) is 11.3 Å². The lowest BCUT2D eigenvalue weighted by Gasteiger charge is -2.07. The Kier molecular flexibility index (Phi) is 4.12. The van der Waals surface area contributed by atoms with Crippen LogP contribution in [0.25, 0.3) is 10.2 Å². The molecule has 0 saturated carbocycles. The summed E-state index contributed by atoms with van der Waals surface area (Å²) in [6.07, 6.45) is 1.39. The van der Waals surface area contributed by atoms with Crippen molar-refractivity contribution in [2.45, 2.75) is 19.8 Å². The maximum Gasteiger partial charge on any atom is 0.346 e. The fraction of sp³-hybridized carbons (Fsp3) is 0.278. The molecule has 0 bridgehead atoms. The van der Waals surface area contributed by atoms with Crippen LogP contribution in [0.4, 0.5) is 5.82 Å². The van der Waals surface area contributed by atoms with Crippen LogP contribution in [-0.2, 0) is 12.8 Å². The number of anilines is 1. The largest absolute Gasteiger partial charge is 0.477 e. The molecular weight excluding hydrogens is 354 g/mol. The van der Waals surface area contributed by atoms with E-state index in [9.17, 15) is 9.90 Å². The summed E-state index contributed by atoms with van der Waals surface area (Å²) < 4.78 is 10.7. The van der Waals surface area contributed by atoms with E-state index in [0.29, 0.717) is 33.3 Å². The number of aromatic carboxylic acids is 1. The molecule has 7 nitrogen and oxygen atoms in total. The number of aryl methyl sites for hydroxylation is 3. The predicted molar refractivity (Wildman–Crippen MR) is 98.6 cm³/mol. The van der Waals surface area contributed by atoms with Gasteiger partial charge >= 0.3 is 5.97 Å². The van der Waals surface area contributed by atoms with Crippen molar-refractivity contribution in [2.75, 3.05) is 19.2 Å². The van der Waals surface area contributed by atoms with Gasteiger partial charge in [-0.2, -0.15) is 0 Å². The molecule has 0 fully saturated rings. The highest BCUT2D eigenvalue weighted by Crippen LogP contribution is 2.35. The lowest BCUT2D eigenvalue weighted by molar-refractivity contribution is 0.0701. The summed E-state index contributed by atoms with van der Waals surface area (Å²) in [7, 11) is 1.78. The van der Waals surface area contributed by atoms with E-state index >= 15 is 0 Å². The van der Waals surface area contributed by atoms with E-state index in [1.54, 1.807) is 14.0 Å². The summed E-state index contributed by atoms with van der Waals surface area (Å²) >= 11 is 1.19. The van der Waals surface area contributed by atoms with Crippen molar-refractivity contribution in [3.8, 4) is 11.5 Å². The number of nitrogens with one attached hydrogen (secondary N) is 1. The van der Waals surface area contributed by atoms with E-state index in [1.165, 1.54) is 11.3 Å². The monoisotopic (exact) mass is 371 g/mol. The Labute approximate surface area is 153 Å². The number of carboxylic acid groups (broad SMARTS) is 1. The van der Waals surface area contributed by atoms with E-state index in [4.69, 9.17) is 9.47 Å². The van der Waals surface area contributed by atoms with Crippen LogP contribution in [0.5, 0.6) is 11.5 Å². The van der Waals surface area contributed by atoms with Crippen LogP contribution in [0, 0.1) is 6.92 Å². The zero-order valence-electron chi connectivity index (χ0n) is 14.3. The van der Waals surface area contributed by atoms with Gasteiger partial charge in [0.05, 0.1) is 5.39 Å². The fourth-order valence-corrected chi connectivity index (χ4v) is 4.07. The lowest BCUT2D eigenvalue weighted by atomic mass is 10.1. The Bertz CT molecular complexity index is 1020. The molecule has 26 heavy (non-hydrogen) atoms. The van der Waals surface area contributed by atoms with Gasteiger partial charge in [-0.3, -0.25) is 0 Å². The first-order valence-corrected chi connectivity index (χ1v) is 8.98. The van der Waals surface area contributed by atoms with Gasteiger partial charge in [-0.25, -0.2) is 14.8 Å². The standard InChI is InChI=1S/C18H17N3O4S/c1-9-14-16(19-2)20-13(21-17(14)26-15(9)18(22)23)6-4-10-3-5-11-12(7-10)25-8-24-11/h3,5,7H,4,6,8H2,1-2H3,(H,22,23)(H,19,20,21). The van der Waals surface area contributed by atoms with Gasteiger partial charge in [0.15, 0.2) is 11.5 Å². The van der Waals surface area contributed by atoms with Crippen molar-refractivity contribution in [1.82, 2.24) is 9.97 Å². The molecule has 1 aliphatic rings. The summed E-state index contributed by atoms with van der Waals surface area (Å²) in [5.74, 6) is 1.93. The number of rotatable bonds is 5. The van der Waals surface area contributed by atoms with E-state index in [-0.39, 0.29) is 6.79 Å². The van der Waals surface area contributed by atoms with Crippen LogP contribution in [0.1, 0.15) is 26.6 Å². The van der Waals surface area contributed by atoms with E-state index < -0.39 is 5.97 Å². The number of fused-ring (bicyclic) bond motifs is 2. The Morgan fingerprint density at radius 2 is 2.08 bits per heavy atom. The number of carbonyl (C=O) groups is 1. The van der Waals surface area contributed by atoms with Crippen molar-refractivity contribution in [1.29, 1.82) is 0 Å². The van der Waals surface area contributed by atoms with Gasteiger partial charge in [0.1, 0.15) is 21.3 Å². The second-order valence-electron chi connectivity index (χ2n) is 5.97. The number of nitrogens with zero attached hydrogens (tertiary/aromatic N) is 2. The summed E-state index contributed by atoms with van der Waals surface area (Å²) in [6, 6.07) is 5.88. The predicted octanol–water partition coefficient (Wildman–Crippen LogP) is 3.25. The van der Waals surface area contributed by atoms with Gasteiger partial charge < -0.3 is 19.9 Å². The molecule has 1 aliphatic heterocycles. The maximum atomic E-state index is 11.4. The van der Waals surface area contributed by atoms with Crippen molar-refractivity contribution in [3.05, 3.63) is 40.0 Å². The van der Waals surface area contributed by atoms with Crippen LogP contribution < -0.4 is 14.8 Å². The Balaban J connectivity index is 1.63. The Hall–Kier alpha value is -2.87. The summed E-state index contributed by atoms with van der Waals surface area (Å²) in [5, 5.41) is 13.2. The minimum Gasteiger partial charge on any atom is -0.477 e. The molecule has 0 radical (unpaired) electrons. The number of thiophene rings is 1. The zero-order chi connectivity index (χ0) is 18.3. The molecule has 4 rings (SSSR count). The number of ether oxygens (including phenoxy) is 2. The first-order valence-electron chi connectivity index (χ1n) is 8.16. The highest BCUT2D eigenvalue weighted by atomic mass is 32.1. The van der Waals surface area contributed by atoms with E-state index in [1.807, 2.05) is 18.2 Å². The molecule has 0 saturated heterocycles. The summed E-state index contributed by atoms with van der Waals surface area (Å²) in [5.41, 5.74) is 1.81. The third kappa shape index (κ3) is 2.82. The molecule has 2 aromatic heterocycles. The van der Waals surface area contributed by atoms with Gasteiger partial charge in [0.25, 0.3) is 0 Å². The van der Waals surface area contributed by atoms with Crippen LogP contribution in [-0.4, -0.2) is 34.9 Å². The Morgan fingerprint density at radius 1 is 1.27 bits per heavy atom. The first-order chi connectivity index (χ1) is 12.6. The zero-order valence-corrected chi connectivity index (χ0v) is 15.1. The van der Waals surface area contributed by atoms with Crippen molar-refractivity contribution < 1.29 is 19.4 Å². The molecule has 3 heterocycles. The molecule has 0 unspecified atom stereocenters. The number of carboxylic acids is 1. The molecule has 0 aliphatic carbocycles. The lowest BCUT2D eigenvalue weighted by Crippen LogP contribution is -2.03. The number of hydrogen-bond acceptors (Lipinski definition) is 7. The molecule has 8 heteroatoms. The second-order valence-corrected chi connectivity index (χ2v) is 6.97. The second kappa shape index (κ2) is 6.45. The molecule has 0 spiro atoms. The minimum atomic E-state index is -0.936. The highest BCUT2D eigenvalue weighted by Gasteiger charge is 2.20. The van der Waals surface area contributed by atoms with Gasteiger partial charge in [0.2, 0.25) is 6.79 Å². The van der Waals surface area contributed by atoms with Crippen molar-refractivity contribution >= 4 is 33.3 Å².